The molecule has 4 rings (SSSR count). The number of ether oxygens (including phenoxy) is 1. The predicted molar refractivity (Wildman–Crippen MR) is 145 cm³/mol. The zero-order valence-electron chi connectivity index (χ0n) is 21.0. The van der Waals surface area contributed by atoms with Crippen molar-refractivity contribution in [2.24, 2.45) is 0 Å². The number of carbonyl (C=O) groups is 3. The van der Waals surface area contributed by atoms with E-state index in [1.807, 2.05) is 60.5 Å². The van der Waals surface area contributed by atoms with Crippen LogP contribution in [0.3, 0.4) is 0 Å². The van der Waals surface area contributed by atoms with Crippen LogP contribution in [-0.2, 0) is 19.7 Å². The van der Waals surface area contributed by atoms with Crippen molar-refractivity contribution in [3.63, 3.8) is 0 Å². The number of hydrogen-bond donors (Lipinski definition) is 1. The standard InChI is InChI=1S/C30H29ClN2O4/c1-30(2)23-14-8-10-16-26(23)33(3)27(30)17-21(34)19-37-28(35)18-25(20-11-5-4-6-12-20)32-29(36)22-13-7-9-15-24(22)31/h4-17,25H,18-19H2,1-3H3,(H,32,36). The van der Waals surface area contributed by atoms with Gasteiger partial charge in [-0.3, -0.25) is 14.4 Å². The minimum absolute atomic E-state index is 0.138. The maximum atomic E-state index is 12.9. The fraction of sp³-hybridized carbons (Fsp3) is 0.233. The molecule has 1 atom stereocenters. The minimum atomic E-state index is -0.652. The van der Waals surface area contributed by atoms with Crippen molar-refractivity contribution < 1.29 is 19.1 Å². The fourth-order valence-electron chi connectivity index (χ4n) is 4.65. The van der Waals surface area contributed by atoms with Gasteiger partial charge in [0.05, 0.1) is 23.0 Å². The molecule has 1 amide bonds. The molecule has 1 aliphatic rings. The lowest BCUT2D eigenvalue weighted by Crippen LogP contribution is -2.31. The Kier molecular flexibility index (Phi) is 7.79. The topological polar surface area (TPSA) is 75.7 Å². The zero-order valence-corrected chi connectivity index (χ0v) is 21.8. The summed E-state index contributed by atoms with van der Waals surface area (Å²) in [4.78, 5) is 40.4. The molecule has 1 N–H and O–H groups in total. The molecule has 1 heterocycles. The van der Waals surface area contributed by atoms with E-state index >= 15 is 0 Å². The van der Waals surface area contributed by atoms with Gasteiger partial charge in [0.2, 0.25) is 0 Å². The first-order chi connectivity index (χ1) is 17.7. The summed E-state index contributed by atoms with van der Waals surface area (Å²) < 4.78 is 5.33. The average Bonchev–Trinajstić information content (AvgIpc) is 3.08. The lowest BCUT2D eigenvalue weighted by atomic mass is 9.83. The van der Waals surface area contributed by atoms with E-state index in [4.69, 9.17) is 16.3 Å². The number of allylic oxidation sites excluding steroid dienone is 1. The number of halogens is 1. The lowest BCUT2D eigenvalue weighted by molar-refractivity contribution is -0.147. The van der Waals surface area contributed by atoms with Crippen LogP contribution in [-0.4, -0.2) is 31.3 Å². The Morgan fingerprint density at radius 3 is 2.32 bits per heavy atom. The Hall–Kier alpha value is -3.90. The van der Waals surface area contributed by atoms with Crippen molar-refractivity contribution in [2.75, 3.05) is 18.6 Å². The van der Waals surface area contributed by atoms with E-state index in [1.165, 1.54) is 0 Å². The molecule has 0 radical (unpaired) electrons. The summed E-state index contributed by atoms with van der Waals surface area (Å²) in [6.07, 6.45) is 1.40. The van der Waals surface area contributed by atoms with Gasteiger partial charge in [0, 0.05) is 29.9 Å². The molecule has 7 heteroatoms. The zero-order chi connectivity index (χ0) is 26.6. The third kappa shape index (κ3) is 5.75. The predicted octanol–water partition coefficient (Wildman–Crippen LogP) is 5.63. The molecule has 3 aromatic rings. The number of amides is 1. The molecule has 0 saturated carbocycles. The quantitative estimate of drug-likeness (QED) is 0.310. The van der Waals surface area contributed by atoms with Gasteiger partial charge in [-0.25, -0.2) is 0 Å². The number of para-hydroxylation sites is 1. The van der Waals surface area contributed by atoms with Crippen LogP contribution in [0.5, 0.6) is 0 Å². The Balaban J connectivity index is 1.42. The summed E-state index contributed by atoms with van der Waals surface area (Å²) in [5.41, 5.74) is 3.71. The van der Waals surface area contributed by atoms with Crippen LogP contribution in [0.15, 0.2) is 90.6 Å². The van der Waals surface area contributed by atoms with Crippen LogP contribution in [0.25, 0.3) is 0 Å². The molecule has 37 heavy (non-hydrogen) atoms. The molecule has 6 nitrogen and oxygen atoms in total. The number of hydrogen-bond acceptors (Lipinski definition) is 5. The third-order valence-corrected chi connectivity index (χ3v) is 6.94. The van der Waals surface area contributed by atoms with Crippen molar-refractivity contribution in [1.82, 2.24) is 5.32 Å². The number of rotatable bonds is 8. The number of likely N-dealkylation sites (N-methyl/N-ethyl adjacent to an activating group) is 1. The van der Waals surface area contributed by atoms with Crippen LogP contribution in [0, 0.1) is 0 Å². The molecule has 190 valence electrons. The van der Waals surface area contributed by atoms with E-state index in [9.17, 15) is 14.4 Å². The van der Waals surface area contributed by atoms with Gasteiger partial charge in [-0.05, 0) is 29.3 Å². The first kappa shape index (κ1) is 26.2. The molecule has 0 bridgehead atoms. The van der Waals surface area contributed by atoms with Gasteiger partial charge < -0.3 is 15.0 Å². The Labute approximate surface area is 221 Å². The molecular formula is C30H29ClN2O4. The number of nitrogens with one attached hydrogen (secondary N) is 1. The molecule has 0 fully saturated rings. The number of anilines is 1. The SMILES string of the molecule is CN1C(=CC(=O)COC(=O)CC(NC(=O)c2ccccc2Cl)c2ccccc2)C(C)(C)c2ccccc21. The lowest BCUT2D eigenvalue weighted by Gasteiger charge is -2.24. The van der Waals surface area contributed by atoms with Gasteiger partial charge >= 0.3 is 5.97 Å². The normalized spacial score (nSPS) is 15.7. The molecule has 0 saturated heterocycles. The van der Waals surface area contributed by atoms with Gasteiger partial charge in [0.15, 0.2) is 12.4 Å². The van der Waals surface area contributed by atoms with Crippen molar-refractivity contribution in [3.8, 4) is 0 Å². The number of nitrogens with zero attached hydrogens (tertiary/aromatic N) is 1. The number of esters is 1. The Morgan fingerprint density at radius 1 is 0.973 bits per heavy atom. The Bertz CT molecular complexity index is 1350. The van der Waals surface area contributed by atoms with E-state index in [2.05, 4.69) is 25.2 Å². The minimum Gasteiger partial charge on any atom is -0.457 e. The second-order valence-corrected chi connectivity index (χ2v) is 9.89. The van der Waals surface area contributed by atoms with Crippen LogP contribution in [0.2, 0.25) is 5.02 Å². The summed E-state index contributed by atoms with van der Waals surface area (Å²) in [5.74, 6) is -1.31. The summed E-state index contributed by atoms with van der Waals surface area (Å²) in [7, 11) is 1.92. The highest BCUT2D eigenvalue weighted by atomic mass is 35.5. The molecule has 0 spiro atoms. The van der Waals surface area contributed by atoms with Crippen LogP contribution >= 0.6 is 11.6 Å². The number of fused-ring (bicyclic) bond motifs is 1. The van der Waals surface area contributed by atoms with Crippen molar-refractivity contribution >= 4 is 34.9 Å². The van der Waals surface area contributed by atoms with Crippen molar-refractivity contribution in [2.45, 2.75) is 31.7 Å². The van der Waals surface area contributed by atoms with Crippen LogP contribution in [0.1, 0.15) is 47.8 Å². The largest absolute Gasteiger partial charge is 0.457 e. The fourth-order valence-corrected chi connectivity index (χ4v) is 4.87. The van der Waals surface area contributed by atoms with Gasteiger partial charge in [-0.2, -0.15) is 0 Å². The number of carbonyl (C=O) groups excluding carboxylic acids is 3. The molecular weight excluding hydrogens is 488 g/mol. The second-order valence-electron chi connectivity index (χ2n) is 9.48. The van der Waals surface area contributed by atoms with E-state index in [0.717, 1.165) is 22.5 Å². The third-order valence-electron chi connectivity index (χ3n) is 6.61. The highest BCUT2D eigenvalue weighted by Gasteiger charge is 2.38. The van der Waals surface area contributed by atoms with Crippen molar-refractivity contribution in [1.29, 1.82) is 0 Å². The second kappa shape index (κ2) is 11.0. The highest BCUT2D eigenvalue weighted by Crippen LogP contribution is 2.46. The monoisotopic (exact) mass is 516 g/mol. The van der Waals surface area contributed by atoms with E-state index in [-0.39, 0.29) is 24.2 Å². The molecule has 0 aliphatic carbocycles. The van der Waals surface area contributed by atoms with E-state index in [0.29, 0.717) is 10.6 Å². The number of benzene rings is 3. The molecule has 1 aliphatic heterocycles. The highest BCUT2D eigenvalue weighted by molar-refractivity contribution is 6.33. The smallest absolute Gasteiger partial charge is 0.308 e. The summed E-state index contributed by atoms with van der Waals surface area (Å²) >= 11 is 6.17. The molecule has 1 unspecified atom stereocenters. The Morgan fingerprint density at radius 2 is 1.62 bits per heavy atom. The number of ketones is 1. The average molecular weight is 517 g/mol. The van der Waals surface area contributed by atoms with E-state index in [1.54, 1.807) is 30.3 Å². The maximum Gasteiger partial charge on any atom is 0.308 e. The summed E-state index contributed by atoms with van der Waals surface area (Å²) in [6.45, 7) is 3.74. The molecule has 3 aromatic carbocycles. The van der Waals surface area contributed by atoms with Gasteiger partial charge in [-0.15, -0.1) is 0 Å². The summed E-state index contributed by atoms with van der Waals surface area (Å²) in [6, 6.07) is 23.2. The van der Waals surface area contributed by atoms with Crippen LogP contribution in [0.4, 0.5) is 5.69 Å². The van der Waals surface area contributed by atoms with Gasteiger partial charge in [0.1, 0.15) is 0 Å². The first-order valence-corrected chi connectivity index (χ1v) is 12.4. The van der Waals surface area contributed by atoms with Crippen LogP contribution < -0.4 is 10.2 Å². The van der Waals surface area contributed by atoms with E-state index < -0.39 is 17.9 Å². The van der Waals surface area contributed by atoms with Crippen molar-refractivity contribution in [3.05, 3.63) is 112 Å². The first-order valence-electron chi connectivity index (χ1n) is 12.0. The molecule has 0 aromatic heterocycles. The maximum absolute atomic E-state index is 12.9. The summed E-state index contributed by atoms with van der Waals surface area (Å²) in [5, 5.41) is 3.18. The van der Waals surface area contributed by atoms with Gasteiger partial charge in [0.25, 0.3) is 5.91 Å². The van der Waals surface area contributed by atoms with Gasteiger partial charge in [-0.1, -0.05) is 86.1 Å².